The molecule has 0 amide bonds. The van der Waals surface area contributed by atoms with E-state index >= 15 is 0 Å². The number of carboxylic acid groups (broad SMARTS) is 1. The second kappa shape index (κ2) is 7.09. The Morgan fingerprint density at radius 3 is 2.72 bits per heavy atom. The Morgan fingerprint density at radius 2 is 2.11 bits per heavy atom. The topological polar surface area (TPSA) is 83.5 Å². The Morgan fingerprint density at radius 1 is 1.39 bits per heavy atom. The predicted molar refractivity (Wildman–Crippen MR) is 69.8 cm³/mol. The molecule has 5 nitrogen and oxygen atoms in total. The van der Waals surface area contributed by atoms with Crippen molar-refractivity contribution in [3.05, 3.63) is 0 Å². The average Bonchev–Trinajstić information content (AvgIpc) is 2.27. The van der Waals surface area contributed by atoms with E-state index in [0.717, 1.165) is 25.7 Å². The zero-order chi connectivity index (χ0) is 13.6. The van der Waals surface area contributed by atoms with Gasteiger partial charge < -0.3 is 5.11 Å². The maximum atomic E-state index is 11.8. The first-order valence-electron chi connectivity index (χ1n) is 6.64. The SMILES string of the molecule is CCC1CCCC(NS(=O)(=O)CCCC(=O)O)C1. The summed E-state index contributed by atoms with van der Waals surface area (Å²) in [6, 6.07) is 0.0403. The Balaban J connectivity index is 2.37. The third kappa shape index (κ3) is 5.82. The van der Waals surface area contributed by atoms with Crippen LogP contribution in [0.1, 0.15) is 51.9 Å². The summed E-state index contributed by atoms with van der Waals surface area (Å²) < 4.78 is 26.3. The van der Waals surface area contributed by atoms with Crippen LogP contribution < -0.4 is 4.72 Å². The van der Waals surface area contributed by atoms with Crippen molar-refractivity contribution in [1.82, 2.24) is 4.72 Å². The van der Waals surface area contributed by atoms with E-state index in [-0.39, 0.29) is 24.6 Å². The summed E-state index contributed by atoms with van der Waals surface area (Å²) in [5.41, 5.74) is 0. The van der Waals surface area contributed by atoms with Crippen LogP contribution in [0, 0.1) is 5.92 Å². The summed E-state index contributed by atoms with van der Waals surface area (Å²) in [6.45, 7) is 2.13. The van der Waals surface area contributed by atoms with Crippen molar-refractivity contribution in [3.8, 4) is 0 Å². The number of sulfonamides is 1. The lowest BCUT2D eigenvalue weighted by molar-refractivity contribution is -0.137. The van der Waals surface area contributed by atoms with Gasteiger partial charge in [-0.2, -0.15) is 0 Å². The third-order valence-electron chi connectivity index (χ3n) is 3.51. The molecule has 0 bridgehead atoms. The number of hydrogen-bond acceptors (Lipinski definition) is 3. The fourth-order valence-corrected chi connectivity index (χ4v) is 3.86. The fraction of sp³-hybridized carbons (Fsp3) is 0.917. The van der Waals surface area contributed by atoms with Crippen LogP contribution in [0.3, 0.4) is 0 Å². The van der Waals surface area contributed by atoms with Crippen LogP contribution in [0.5, 0.6) is 0 Å². The molecule has 2 unspecified atom stereocenters. The van der Waals surface area contributed by atoms with Crippen molar-refractivity contribution in [2.75, 3.05) is 5.75 Å². The summed E-state index contributed by atoms with van der Waals surface area (Å²) in [6.07, 6.45) is 5.24. The van der Waals surface area contributed by atoms with Gasteiger partial charge in [0.15, 0.2) is 0 Å². The van der Waals surface area contributed by atoms with Gasteiger partial charge in [0.05, 0.1) is 5.75 Å². The van der Waals surface area contributed by atoms with Crippen LogP contribution in [0.25, 0.3) is 0 Å². The highest BCUT2D eigenvalue weighted by Crippen LogP contribution is 2.26. The molecule has 1 saturated carbocycles. The molecule has 2 N–H and O–H groups in total. The molecule has 1 aliphatic rings. The lowest BCUT2D eigenvalue weighted by atomic mass is 9.85. The highest BCUT2D eigenvalue weighted by atomic mass is 32.2. The average molecular weight is 277 g/mol. The molecule has 2 atom stereocenters. The van der Waals surface area contributed by atoms with E-state index in [2.05, 4.69) is 11.6 Å². The molecule has 0 spiro atoms. The van der Waals surface area contributed by atoms with E-state index in [4.69, 9.17) is 5.11 Å². The first kappa shape index (κ1) is 15.4. The normalized spacial score (nSPS) is 24.9. The standard InChI is InChI=1S/C12H23NO4S/c1-2-10-5-3-6-11(9-10)13-18(16,17)8-4-7-12(14)15/h10-11,13H,2-9H2,1H3,(H,14,15). The number of rotatable bonds is 7. The van der Waals surface area contributed by atoms with E-state index in [1.807, 2.05) is 0 Å². The van der Waals surface area contributed by atoms with Crippen LogP contribution in [-0.4, -0.2) is 31.3 Å². The maximum absolute atomic E-state index is 11.8. The van der Waals surface area contributed by atoms with Gasteiger partial charge in [0.25, 0.3) is 0 Å². The molecular formula is C12H23NO4S. The Labute approximate surface area is 109 Å². The molecule has 6 heteroatoms. The number of aliphatic carboxylic acids is 1. The molecule has 0 saturated heterocycles. The van der Waals surface area contributed by atoms with Crippen molar-refractivity contribution < 1.29 is 18.3 Å². The predicted octanol–water partition coefficient (Wildman–Crippen LogP) is 1.74. The number of carboxylic acids is 1. The van der Waals surface area contributed by atoms with Gasteiger partial charge in [-0.05, 0) is 25.2 Å². The summed E-state index contributed by atoms with van der Waals surface area (Å²) in [5, 5.41) is 8.48. The summed E-state index contributed by atoms with van der Waals surface area (Å²) in [5.74, 6) is -0.425. The second-order valence-corrected chi connectivity index (χ2v) is 6.95. The fourth-order valence-electron chi connectivity index (χ4n) is 2.50. The maximum Gasteiger partial charge on any atom is 0.303 e. The van der Waals surface area contributed by atoms with Gasteiger partial charge >= 0.3 is 5.97 Å². The summed E-state index contributed by atoms with van der Waals surface area (Å²) in [7, 11) is -3.32. The lowest BCUT2D eigenvalue weighted by Crippen LogP contribution is -2.39. The minimum Gasteiger partial charge on any atom is -0.481 e. The van der Waals surface area contributed by atoms with Crippen LogP contribution >= 0.6 is 0 Å². The Kier molecular flexibility index (Phi) is 6.08. The highest BCUT2D eigenvalue weighted by molar-refractivity contribution is 7.89. The van der Waals surface area contributed by atoms with E-state index in [1.54, 1.807) is 0 Å². The smallest absolute Gasteiger partial charge is 0.303 e. The number of carbonyl (C=O) groups is 1. The van der Waals surface area contributed by atoms with Crippen LogP contribution in [0.2, 0.25) is 0 Å². The number of nitrogens with one attached hydrogen (secondary N) is 1. The van der Waals surface area contributed by atoms with Crippen LogP contribution in [0.15, 0.2) is 0 Å². The summed E-state index contributed by atoms with van der Waals surface area (Å²) >= 11 is 0. The van der Waals surface area contributed by atoms with E-state index in [1.165, 1.54) is 6.42 Å². The van der Waals surface area contributed by atoms with Crippen molar-refractivity contribution >= 4 is 16.0 Å². The molecule has 1 fully saturated rings. The molecule has 106 valence electrons. The molecule has 0 heterocycles. The van der Waals surface area contributed by atoms with Crippen molar-refractivity contribution in [1.29, 1.82) is 0 Å². The molecule has 0 aromatic carbocycles. The largest absolute Gasteiger partial charge is 0.481 e. The molecule has 0 aliphatic heterocycles. The minimum atomic E-state index is -3.32. The molecule has 18 heavy (non-hydrogen) atoms. The van der Waals surface area contributed by atoms with Gasteiger partial charge in [-0.15, -0.1) is 0 Å². The molecule has 0 aromatic heterocycles. The van der Waals surface area contributed by atoms with Gasteiger partial charge in [0.1, 0.15) is 0 Å². The molecule has 1 aliphatic carbocycles. The van der Waals surface area contributed by atoms with Crippen LogP contribution in [-0.2, 0) is 14.8 Å². The minimum absolute atomic E-state index is 0.0403. The zero-order valence-electron chi connectivity index (χ0n) is 10.9. The van der Waals surface area contributed by atoms with Gasteiger partial charge in [-0.3, -0.25) is 4.79 Å². The summed E-state index contributed by atoms with van der Waals surface area (Å²) in [4.78, 5) is 10.3. The van der Waals surface area contributed by atoms with Gasteiger partial charge in [0.2, 0.25) is 10.0 Å². The monoisotopic (exact) mass is 277 g/mol. The molecular weight excluding hydrogens is 254 g/mol. The third-order valence-corrected chi connectivity index (χ3v) is 5.03. The van der Waals surface area contributed by atoms with Gasteiger partial charge in [-0.25, -0.2) is 13.1 Å². The molecule has 0 radical (unpaired) electrons. The quantitative estimate of drug-likeness (QED) is 0.742. The van der Waals surface area contributed by atoms with E-state index < -0.39 is 16.0 Å². The Bertz CT molecular complexity index is 366. The molecule has 0 aromatic rings. The molecule has 1 rings (SSSR count). The van der Waals surface area contributed by atoms with E-state index in [0.29, 0.717) is 5.92 Å². The first-order valence-corrected chi connectivity index (χ1v) is 8.30. The zero-order valence-corrected chi connectivity index (χ0v) is 11.7. The van der Waals surface area contributed by atoms with Crippen molar-refractivity contribution in [3.63, 3.8) is 0 Å². The van der Waals surface area contributed by atoms with Crippen molar-refractivity contribution in [2.45, 2.75) is 57.9 Å². The first-order chi connectivity index (χ1) is 8.43. The lowest BCUT2D eigenvalue weighted by Gasteiger charge is -2.28. The van der Waals surface area contributed by atoms with Crippen molar-refractivity contribution in [2.24, 2.45) is 5.92 Å². The highest BCUT2D eigenvalue weighted by Gasteiger charge is 2.24. The van der Waals surface area contributed by atoms with Gasteiger partial charge in [-0.1, -0.05) is 26.2 Å². The second-order valence-electron chi connectivity index (χ2n) is 5.07. The van der Waals surface area contributed by atoms with E-state index in [9.17, 15) is 13.2 Å². The number of hydrogen-bond donors (Lipinski definition) is 2. The Hall–Kier alpha value is -0.620. The van der Waals surface area contributed by atoms with Gasteiger partial charge in [0, 0.05) is 12.5 Å². The van der Waals surface area contributed by atoms with Crippen LogP contribution in [0.4, 0.5) is 0 Å².